The number of nitrogens with zero attached hydrogens (tertiary/aromatic N) is 5. The number of nitro groups is 1. The van der Waals surface area contributed by atoms with Crippen LogP contribution in [0.25, 0.3) is 0 Å². The molecule has 1 aromatic carbocycles. The topological polar surface area (TPSA) is 157 Å². The van der Waals surface area contributed by atoms with Crippen LogP contribution in [-0.2, 0) is 16.4 Å². The van der Waals surface area contributed by atoms with Crippen molar-refractivity contribution < 1.29 is 27.6 Å². The molecule has 0 amide bonds. The fourth-order valence-corrected chi connectivity index (χ4v) is 3.65. The Morgan fingerprint density at radius 2 is 2.04 bits per heavy atom. The normalized spacial score (nSPS) is 11.4. The zero-order valence-corrected chi connectivity index (χ0v) is 14.7. The number of hydrogen-bond acceptors (Lipinski definition) is 9. The Kier molecular flexibility index (Phi) is 4.77. The zero-order chi connectivity index (χ0) is 19.6. The average Bonchev–Trinajstić information content (AvgIpc) is 3.19. The quantitative estimate of drug-likeness (QED) is 0.318. The summed E-state index contributed by atoms with van der Waals surface area (Å²) in [5, 5.41) is 25.3. The number of rotatable bonds is 7. The lowest BCUT2D eigenvalue weighted by atomic mass is 10.4. The molecule has 2 aromatic heterocycles. The number of aromatic nitrogens is 4. The molecule has 0 unspecified atom stereocenters. The van der Waals surface area contributed by atoms with E-state index in [2.05, 4.69) is 14.8 Å². The van der Waals surface area contributed by atoms with Crippen molar-refractivity contribution in [3.05, 3.63) is 57.7 Å². The highest BCUT2D eigenvalue weighted by molar-refractivity contribution is 7.91. The fourth-order valence-electron chi connectivity index (χ4n) is 2.35. The number of benzene rings is 1. The van der Waals surface area contributed by atoms with Crippen molar-refractivity contribution in [2.45, 2.75) is 23.4 Å². The van der Waals surface area contributed by atoms with Gasteiger partial charge >= 0.3 is 16.7 Å². The van der Waals surface area contributed by atoms with Gasteiger partial charge in [0.2, 0.25) is 0 Å². The Morgan fingerprint density at radius 1 is 1.33 bits per heavy atom. The van der Waals surface area contributed by atoms with Crippen LogP contribution in [0.2, 0.25) is 0 Å². The van der Waals surface area contributed by atoms with E-state index in [-0.39, 0.29) is 28.8 Å². The maximum atomic E-state index is 12.6. The maximum Gasteiger partial charge on any atom is 0.415 e. The summed E-state index contributed by atoms with van der Waals surface area (Å²) < 4.78 is 36.1. The molecule has 0 bridgehead atoms. The molecule has 27 heavy (non-hydrogen) atoms. The van der Waals surface area contributed by atoms with Gasteiger partial charge in [-0.15, -0.1) is 0 Å². The van der Waals surface area contributed by atoms with Crippen molar-refractivity contribution in [1.29, 1.82) is 0 Å². The van der Waals surface area contributed by atoms with Gasteiger partial charge in [-0.1, -0.05) is 18.2 Å². The molecule has 0 aliphatic heterocycles. The molecule has 0 N–H and O–H groups in total. The molecule has 0 saturated carbocycles. The molecule has 3 aromatic rings. The molecule has 13 heteroatoms. The molecule has 2 heterocycles. The Balaban J connectivity index is 1.83. The first-order chi connectivity index (χ1) is 12.8. The summed E-state index contributed by atoms with van der Waals surface area (Å²) in [6, 6.07) is 7.23. The van der Waals surface area contributed by atoms with Crippen LogP contribution in [0.5, 0.6) is 5.88 Å². The summed E-state index contributed by atoms with van der Waals surface area (Å²) in [6.45, 7) is 1.35. The fraction of sp³-hybridized carbons (Fsp3) is 0.214. The summed E-state index contributed by atoms with van der Waals surface area (Å²) in [5.41, 5.74) is 0. The molecule has 0 atom stereocenters. The van der Waals surface area contributed by atoms with E-state index in [0.29, 0.717) is 5.82 Å². The highest BCUT2D eigenvalue weighted by Crippen LogP contribution is 2.25. The summed E-state index contributed by atoms with van der Waals surface area (Å²) in [4.78, 5) is 13.8. The lowest BCUT2D eigenvalue weighted by molar-refractivity contribution is -0.832. The van der Waals surface area contributed by atoms with Gasteiger partial charge in [0, 0.05) is 6.92 Å². The van der Waals surface area contributed by atoms with Crippen molar-refractivity contribution in [3.8, 4) is 5.88 Å². The third-order valence-corrected chi connectivity index (χ3v) is 5.36. The molecular weight excluding hydrogens is 382 g/mol. The monoisotopic (exact) mass is 395 g/mol. The maximum absolute atomic E-state index is 12.6. The molecule has 3 rings (SSSR count). The third kappa shape index (κ3) is 3.44. The van der Waals surface area contributed by atoms with Crippen LogP contribution < -0.4 is 9.64 Å². The number of hydrogen-bond donors (Lipinski definition) is 0. The molecule has 0 fully saturated rings. The molecular formula is C14H13N5O7S. The Morgan fingerprint density at radius 3 is 2.70 bits per heavy atom. The van der Waals surface area contributed by atoms with Crippen molar-refractivity contribution in [2.75, 3.05) is 6.61 Å². The van der Waals surface area contributed by atoms with E-state index in [0.717, 1.165) is 6.20 Å². The van der Waals surface area contributed by atoms with Crippen LogP contribution in [-0.4, -0.2) is 34.7 Å². The van der Waals surface area contributed by atoms with E-state index < -0.39 is 25.7 Å². The minimum atomic E-state index is -4.23. The minimum absolute atomic E-state index is 0.0152. The van der Waals surface area contributed by atoms with Crippen LogP contribution in [0.3, 0.4) is 0 Å². The van der Waals surface area contributed by atoms with Gasteiger partial charge in [-0.2, -0.15) is 0 Å². The Hall–Kier alpha value is -3.48. The standard InChI is InChI=1S/C14H13N5O7S/c1-10-15-9-12(18(20)21)17(10)7-8-25-13-14(19(22)26-16-13)27(23,24)11-5-3-2-4-6-11/h2-6,9H,7-8H2,1H3. The van der Waals surface area contributed by atoms with Gasteiger partial charge in [-0.3, -0.25) is 4.63 Å². The van der Waals surface area contributed by atoms with Crippen molar-refractivity contribution in [1.82, 2.24) is 14.7 Å². The average molecular weight is 395 g/mol. The smallest absolute Gasteiger partial charge is 0.415 e. The molecule has 0 aliphatic rings. The van der Waals surface area contributed by atoms with Crippen molar-refractivity contribution >= 4 is 15.7 Å². The van der Waals surface area contributed by atoms with Gasteiger partial charge in [-0.25, -0.2) is 18.0 Å². The van der Waals surface area contributed by atoms with E-state index >= 15 is 0 Å². The Bertz CT molecular complexity index is 1070. The van der Waals surface area contributed by atoms with E-state index in [1.165, 1.54) is 28.8 Å². The first-order valence-corrected chi connectivity index (χ1v) is 9.00. The van der Waals surface area contributed by atoms with E-state index in [9.17, 15) is 23.7 Å². The highest BCUT2D eigenvalue weighted by Gasteiger charge is 2.35. The van der Waals surface area contributed by atoms with Gasteiger partial charge in [0.15, 0.2) is 5.82 Å². The summed E-state index contributed by atoms with van der Waals surface area (Å²) in [6.07, 6.45) is 1.10. The predicted octanol–water partition coefficient (Wildman–Crippen LogP) is 0.633. The van der Waals surface area contributed by atoms with E-state index in [4.69, 9.17) is 4.74 Å². The van der Waals surface area contributed by atoms with E-state index in [1.54, 1.807) is 13.0 Å². The van der Waals surface area contributed by atoms with Gasteiger partial charge in [0.05, 0.1) is 10.1 Å². The number of sulfone groups is 1. The van der Waals surface area contributed by atoms with Gasteiger partial charge in [0.1, 0.15) is 19.3 Å². The third-order valence-electron chi connectivity index (χ3n) is 3.63. The zero-order valence-electron chi connectivity index (χ0n) is 13.9. The lowest BCUT2D eigenvalue weighted by Gasteiger charge is -2.04. The largest absolute Gasteiger partial charge is 0.450 e. The highest BCUT2D eigenvalue weighted by atomic mass is 32.2. The second-order valence-electron chi connectivity index (χ2n) is 5.28. The van der Waals surface area contributed by atoms with Crippen molar-refractivity contribution in [3.63, 3.8) is 0 Å². The number of imidazole rings is 1. The van der Waals surface area contributed by atoms with Gasteiger partial charge in [-0.05, 0) is 22.0 Å². The first kappa shape index (κ1) is 18.3. The molecule has 0 aliphatic carbocycles. The summed E-state index contributed by atoms with van der Waals surface area (Å²) in [5.74, 6) is -0.400. The summed E-state index contributed by atoms with van der Waals surface area (Å²) in [7, 11) is -4.23. The van der Waals surface area contributed by atoms with E-state index in [1.807, 2.05) is 0 Å². The predicted molar refractivity (Wildman–Crippen MR) is 86.5 cm³/mol. The second kappa shape index (κ2) is 7.03. The molecule has 0 spiro atoms. The summed E-state index contributed by atoms with van der Waals surface area (Å²) >= 11 is 0. The molecule has 0 radical (unpaired) electrons. The molecule has 12 nitrogen and oxygen atoms in total. The number of ether oxygens (including phenoxy) is 1. The minimum Gasteiger partial charge on any atom is -0.450 e. The lowest BCUT2D eigenvalue weighted by Crippen LogP contribution is -2.31. The van der Waals surface area contributed by atoms with Crippen LogP contribution in [0, 0.1) is 22.2 Å². The Labute approximate surface area is 152 Å². The van der Waals surface area contributed by atoms with Gasteiger partial charge < -0.3 is 20.1 Å². The van der Waals surface area contributed by atoms with Crippen LogP contribution in [0.4, 0.5) is 5.82 Å². The van der Waals surface area contributed by atoms with Crippen LogP contribution >= 0.6 is 0 Å². The van der Waals surface area contributed by atoms with Crippen LogP contribution in [0.1, 0.15) is 5.82 Å². The van der Waals surface area contributed by atoms with Crippen LogP contribution in [0.15, 0.2) is 51.1 Å². The van der Waals surface area contributed by atoms with Gasteiger partial charge in [0.25, 0.3) is 9.84 Å². The number of aryl methyl sites for hydroxylation is 1. The molecule has 142 valence electrons. The van der Waals surface area contributed by atoms with Crippen molar-refractivity contribution in [2.24, 2.45) is 0 Å². The first-order valence-electron chi connectivity index (χ1n) is 7.51. The molecule has 0 saturated heterocycles. The second-order valence-corrected chi connectivity index (χ2v) is 7.14. The SMILES string of the molecule is Cc1ncc([N+](=O)[O-])n1CCOc1no[n+]([O-])c1S(=O)(=O)c1ccccc1.